The summed E-state index contributed by atoms with van der Waals surface area (Å²) in [5, 5.41) is 0. The van der Waals surface area contributed by atoms with Gasteiger partial charge in [0, 0.05) is 19.8 Å². The Hall–Kier alpha value is -1.84. The molecule has 0 bridgehead atoms. The monoisotopic (exact) mass is 335 g/mol. The van der Waals surface area contributed by atoms with Crippen molar-refractivity contribution < 1.29 is 17.9 Å². The average Bonchev–Trinajstić information content (AvgIpc) is 2.60. The second-order valence-electron chi connectivity index (χ2n) is 5.45. The van der Waals surface area contributed by atoms with Gasteiger partial charge in [0.15, 0.2) is 14.6 Å². The van der Waals surface area contributed by atoms with Crippen LogP contribution in [0.2, 0.25) is 0 Å². The van der Waals surface area contributed by atoms with Crippen molar-refractivity contribution in [3.63, 3.8) is 0 Å². The molecule has 124 valence electrons. The number of hydrogen-bond acceptors (Lipinski definition) is 4. The van der Waals surface area contributed by atoms with Gasteiger partial charge in [-0.05, 0) is 31.9 Å². The van der Waals surface area contributed by atoms with Crippen LogP contribution in [0.1, 0.15) is 19.8 Å². The van der Waals surface area contributed by atoms with E-state index in [1.165, 1.54) is 17.0 Å². The average molecular weight is 335 g/mol. The van der Waals surface area contributed by atoms with Crippen molar-refractivity contribution in [1.29, 1.82) is 0 Å². The molecule has 0 radical (unpaired) electrons. The van der Waals surface area contributed by atoms with E-state index in [4.69, 9.17) is 11.2 Å². The minimum absolute atomic E-state index is 0.0995. The molecule has 0 spiro atoms. The summed E-state index contributed by atoms with van der Waals surface area (Å²) in [6, 6.07) is 8.11. The molecule has 0 aromatic heterocycles. The fourth-order valence-electron chi connectivity index (χ4n) is 2.85. The maximum absolute atomic E-state index is 13.2. The molecule has 2 rings (SSSR count). The Morgan fingerprint density at radius 2 is 1.91 bits per heavy atom. The van der Waals surface area contributed by atoms with Crippen LogP contribution in [0.25, 0.3) is 0 Å². The summed E-state index contributed by atoms with van der Waals surface area (Å²) in [6.07, 6.45) is 5.60. The lowest BCUT2D eigenvalue weighted by Gasteiger charge is -2.38. The molecule has 0 unspecified atom stereocenters. The molecule has 0 atom stereocenters. The van der Waals surface area contributed by atoms with Crippen molar-refractivity contribution in [2.24, 2.45) is 0 Å². The molecule has 0 aliphatic carbocycles. The highest BCUT2D eigenvalue weighted by atomic mass is 32.2. The molecule has 1 aliphatic heterocycles. The molecular formula is C17H21NO4S. The summed E-state index contributed by atoms with van der Waals surface area (Å²) in [7, 11) is -3.84. The molecule has 1 aromatic rings. The summed E-state index contributed by atoms with van der Waals surface area (Å²) in [4.78, 5) is 14.6. The van der Waals surface area contributed by atoms with Crippen LogP contribution in [0, 0.1) is 12.3 Å². The lowest BCUT2D eigenvalue weighted by Crippen LogP contribution is -2.56. The molecule has 23 heavy (non-hydrogen) atoms. The van der Waals surface area contributed by atoms with Gasteiger partial charge >= 0.3 is 0 Å². The number of carbonyl (C=O) groups excluding carboxylic acids is 1. The number of ether oxygens (including phenoxy) is 1. The summed E-state index contributed by atoms with van der Waals surface area (Å²) in [5.41, 5.74) is 0. The first-order valence-corrected chi connectivity index (χ1v) is 9.08. The van der Waals surface area contributed by atoms with Gasteiger partial charge in [0.1, 0.15) is 0 Å². The van der Waals surface area contributed by atoms with E-state index >= 15 is 0 Å². The Balaban J connectivity index is 2.52. The summed E-state index contributed by atoms with van der Waals surface area (Å²) < 4.78 is 30.2. The standard InChI is InChI=1S/C17H21NO4S/c1-3-12-18(4-2)16(19)17(10-13-22-14-11-17)23(20,21)15-8-6-5-7-9-15/h1,5-9H,4,10-14H2,2H3. The van der Waals surface area contributed by atoms with Crippen LogP contribution in [-0.2, 0) is 19.4 Å². The van der Waals surface area contributed by atoms with Gasteiger partial charge in [-0.15, -0.1) is 6.42 Å². The third kappa shape index (κ3) is 3.12. The van der Waals surface area contributed by atoms with E-state index in [9.17, 15) is 13.2 Å². The van der Waals surface area contributed by atoms with Crippen LogP contribution in [0.5, 0.6) is 0 Å². The largest absolute Gasteiger partial charge is 0.381 e. The van der Waals surface area contributed by atoms with Crippen molar-refractivity contribution in [2.75, 3.05) is 26.3 Å². The highest BCUT2D eigenvalue weighted by Crippen LogP contribution is 2.36. The van der Waals surface area contributed by atoms with Gasteiger partial charge < -0.3 is 9.64 Å². The van der Waals surface area contributed by atoms with Crippen LogP contribution in [0.15, 0.2) is 35.2 Å². The van der Waals surface area contributed by atoms with E-state index in [1.54, 1.807) is 25.1 Å². The van der Waals surface area contributed by atoms with Gasteiger partial charge in [-0.2, -0.15) is 0 Å². The van der Waals surface area contributed by atoms with E-state index in [1.807, 2.05) is 0 Å². The van der Waals surface area contributed by atoms with Gasteiger partial charge in [0.2, 0.25) is 5.91 Å². The second-order valence-corrected chi connectivity index (χ2v) is 7.71. The van der Waals surface area contributed by atoms with Crippen molar-refractivity contribution >= 4 is 15.7 Å². The number of sulfone groups is 1. The third-order valence-electron chi connectivity index (χ3n) is 4.21. The number of benzene rings is 1. The molecule has 6 heteroatoms. The van der Waals surface area contributed by atoms with Crippen molar-refractivity contribution in [3.05, 3.63) is 30.3 Å². The summed E-state index contributed by atoms with van der Waals surface area (Å²) in [5.74, 6) is 2.00. The zero-order valence-corrected chi connectivity index (χ0v) is 14.0. The van der Waals surface area contributed by atoms with Crippen LogP contribution >= 0.6 is 0 Å². The number of terminal acetylenes is 1. The highest BCUT2D eigenvalue weighted by molar-refractivity contribution is 7.93. The van der Waals surface area contributed by atoms with Crippen molar-refractivity contribution in [3.8, 4) is 12.3 Å². The number of hydrogen-bond donors (Lipinski definition) is 0. The maximum Gasteiger partial charge on any atom is 0.245 e. The Kier molecular flexibility index (Phi) is 5.45. The van der Waals surface area contributed by atoms with Crippen molar-refractivity contribution in [2.45, 2.75) is 29.4 Å². The van der Waals surface area contributed by atoms with Crippen LogP contribution in [0.4, 0.5) is 0 Å². The number of amides is 1. The summed E-state index contributed by atoms with van der Waals surface area (Å²) in [6.45, 7) is 2.74. The lowest BCUT2D eigenvalue weighted by molar-refractivity contribution is -0.135. The van der Waals surface area contributed by atoms with E-state index in [0.29, 0.717) is 6.54 Å². The first-order chi connectivity index (χ1) is 11.0. The molecule has 1 saturated heterocycles. The third-order valence-corrected chi connectivity index (χ3v) is 6.71. The summed E-state index contributed by atoms with van der Waals surface area (Å²) >= 11 is 0. The SMILES string of the molecule is C#CCN(CC)C(=O)C1(S(=O)(=O)c2ccccc2)CCOCC1. The smallest absolute Gasteiger partial charge is 0.245 e. The van der Waals surface area contributed by atoms with E-state index < -0.39 is 20.5 Å². The zero-order valence-electron chi connectivity index (χ0n) is 13.2. The van der Waals surface area contributed by atoms with Crippen LogP contribution in [-0.4, -0.2) is 50.3 Å². The van der Waals surface area contributed by atoms with Gasteiger partial charge in [-0.1, -0.05) is 24.1 Å². The number of carbonyl (C=O) groups is 1. The molecule has 1 fully saturated rings. The fourth-order valence-corrected chi connectivity index (χ4v) is 4.88. The van der Waals surface area contributed by atoms with Gasteiger partial charge in [0.05, 0.1) is 11.4 Å². The Labute approximate surface area is 137 Å². The Bertz CT molecular complexity index is 685. The molecule has 1 amide bonds. The van der Waals surface area contributed by atoms with Gasteiger partial charge in [-0.25, -0.2) is 8.42 Å². The zero-order chi connectivity index (χ0) is 16.9. The molecule has 1 aromatic carbocycles. The predicted molar refractivity (Wildman–Crippen MR) is 87.5 cm³/mol. The van der Waals surface area contributed by atoms with Crippen molar-refractivity contribution in [1.82, 2.24) is 4.90 Å². The topological polar surface area (TPSA) is 63.7 Å². The molecule has 1 heterocycles. The molecule has 0 saturated carbocycles. The van der Waals surface area contributed by atoms with Gasteiger partial charge in [0.25, 0.3) is 0 Å². The first kappa shape index (κ1) is 17.5. The van der Waals surface area contributed by atoms with E-state index in [-0.39, 0.29) is 37.5 Å². The van der Waals surface area contributed by atoms with Crippen LogP contribution in [0.3, 0.4) is 0 Å². The number of nitrogens with zero attached hydrogens (tertiary/aromatic N) is 1. The first-order valence-electron chi connectivity index (χ1n) is 7.60. The fraction of sp³-hybridized carbons (Fsp3) is 0.471. The highest BCUT2D eigenvalue weighted by Gasteiger charge is 2.53. The van der Waals surface area contributed by atoms with Crippen LogP contribution < -0.4 is 0 Å². The minimum atomic E-state index is -3.84. The Morgan fingerprint density at radius 1 is 1.30 bits per heavy atom. The van der Waals surface area contributed by atoms with E-state index in [2.05, 4.69) is 5.92 Å². The second kappa shape index (κ2) is 7.16. The quantitative estimate of drug-likeness (QED) is 0.765. The Morgan fingerprint density at radius 3 is 2.43 bits per heavy atom. The number of rotatable bonds is 5. The minimum Gasteiger partial charge on any atom is -0.381 e. The molecule has 0 N–H and O–H groups in total. The maximum atomic E-state index is 13.2. The molecule has 1 aliphatic rings. The molecular weight excluding hydrogens is 314 g/mol. The van der Waals surface area contributed by atoms with E-state index in [0.717, 1.165) is 0 Å². The predicted octanol–water partition coefficient (Wildman–Crippen LogP) is 1.49. The molecule has 5 nitrogen and oxygen atoms in total. The van der Waals surface area contributed by atoms with Gasteiger partial charge in [-0.3, -0.25) is 4.79 Å². The normalized spacial score (nSPS) is 17.2. The lowest BCUT2D eigenvalue weighted by atomic mass is 9.97.